The second-order valence-corrected chi connectivity index (χ2v) is 3.03. The van der Waals surface area contributed by atoms with Crippen LogP contribution < -0.4 is 10.8 Å². The SMILES string of the molecule is Bc1cnc(NC)c(Cl)c1S. The molecule has 0 spiro atoms. The highest BCUT2D eigenvalue weighted by molar-refractivity contribution is 7.80. The summed E-state index contributed by atoms with van der Waals surface area (Å²) < 4.78 is 0. The maximum atomic E-state index is 5.90. The predicted octanol–water partition coefficient (Wildman–Crippen LogP) is 0.324. The number of rotatable bonds is 1. The van der Waals surface area contributed by atoms with E-state index in [2.05, 4.69) is 22.9 Å². The summed E-state index contributed by atoms with van der Waals surface area (Å²) in [6, 6.07) is 0. The van der Waals surface area contributed by atoms with E-state index < -0.39 is 0 Å². The van der Waals surface area contributed by atoms with Gasteiger partial charge < -0.3 is 5.32 Å². The Morgan fingerprint density at radius 1 is 1.73 bits per heavy atom. The number of nitrogens with zero attached hydrogens (tertiary/aromatic N) is 1. The molecule has 1 heterocycles. The van der Waals surface area contributed by atoms with Gasteiger partial charge in [0.1, 0.15) is 13.7 Å². The second-order valence-electron chi connectivity index (χ2n) is 2.20. The Bertz CT molecular complexity index is 280. The lowest BCUT2D eigenvalue weighted by molar-refractivity contribution is 1.26. The van der Waals surface area contributed by atoms with E-state index in [-0.39, 0.29) is 0 Å². The fourth-order valence-corrected chi connectivity index (χ4v) is 1.19. The van der Waals surface area contributed by atoms with E-state index >= 15 is 0 Å². The van der Waals surface area contributed by atoms with Crippen LogP contribution >= 0.6 is 24.2 Å². The van der Waals surface area contributed by atoms with Crippen molar-refractivity contribution >= 4 is 43.4 Å². The molecular formula is C6H8BClN2S. The van der Waals surface area contributed by atoms with E-state index in [9.17, 15) is 0 Å². The Labute approximate surface area is 77.2 Å². The van der Waals surface area contributed by atoms with Crippen LogP contribution in [0, 0.1) is 0 Å². The first kappa shape index (κ1) is 8.75. The molecule has 58 valence electrons. The summed E-state index contributed by atoms with van der Waals surface area (Å²) in [5, 5.41) is 3.45. The third-order valence-corrected chi connectivity index (χ3v) is 2.49. The van der Waals surface area contributed by atoms with Crippen LogP contribution in [0.25, 0.3) is 0 Å². The van der Waals surface area contributed by atoms with Crippen LogP contribution in [0.1, 0.15) is 0 Å². The first-order valence-electron chi connectivity index (χ1n) is 3.18. The van der Waals surface area contributed by atoms with Crippen molar-refractivity contribution in [1.82, 2.24) is 4.98 Å². The van der Waals surface area contributed by atoms with Crippen LogP contribution in [0.15, 0.2) is 11.1 Å². The average Bonchev–Trinajstić information content (AvgIpc) is 2.01. The van der Waals surface area contributed by atoms with Gasteiger partial charge in [0.2, 0.25) is 0 Å². The predicted molar refractivity (Wildman–Crippen MR) is 54.2 cm³/mol. The Kier molecular flexibility index (Phi) is 2.68. The molecule has 0 fully saturated rings. The van der Waals surface area contributed by atoms with Crippen molar-refractivity contribution in [1.29, 1.82) is 0 Å². The molecule has 0 aliphatic rings. The van der Waals surface area contributed by atoms with Gasteiger partial charge in [0.25, 0.3) is 0 Å². The third-order valence-electron chi connectivity index (χ3n) is 1.41. The summed E-state index contributed by atoms with van der Waals surface area (Å²) in [5.74, 6) is 0.669. The number of thiol groups is 1. The molecule has 0 saturated heterocycles. The third kappa shape index (κ3) is 1.63. The Morgan fingerprint density at radius 2 is 2.36 bits per heavy atom. The largest absolute Gasteiger partial charge is 0.372 e. The minimum atomic E-state index is 0.579. The van der Waals surface area contributed by atoms with Gasteiger partial charge in [-0.3, -0.25) is 0 Å². The van der Waals surface area contributed by atoms with Crippen molar-refractivity contribution in [2.45, 2.75) is 4.90 Å². The molecular weight excluding hydrogens is 178 g/mol. The second kappa shape index (κ2) is 3.37. The Hall–Kier alpha value is -0.345. The van der Waals surface area contributed by atoms with Gasteiger partial charge in [-0.1, -0.05) is 17.1 Å². The Balaban J connectivity index is 3.25. The quantitative estimate of drug-likeness (QED) is 0.488. The number of anilines is 1. The van der Waals surface area contributed by atoms with E-state index in [0.29, 0.717) is 10.8 Å². The highest BCUT2D eigenvalue weighted by atomic mass is 35.5. The van der Waals surface area contributed by atoms with E-state index in [1.165, 1.54) is 0 Å². The summed E-state index contributed by atoms with van der Waals surface area (Å²) >= 11 is 10.1. The molecule has 0 aliphatic heterocycles. The summed E-state index contributed by atoms with van der Waals surface area (Å²) in [7, 11) is 3.69. The van der Waals surface area contributed by atoms with Gasteiger partial charge in [-0.25, -0.2) is 4.98 Å². The van der Waals surface area contributed by atoms with Gasteiger partial charge in [-0.2, -0.15) is 0 Å². The standard InChI is InChI=1S/C6H8BClN2S/c1-9-6-4(8)5(11)3(7)2-10-6/h2H,7H2,1H3,(H2,9,10,11). The molecule has 1 rings (SSSR count). The molecule has 5 heteroatoms. The lowest BCUT2D eigenvalue weighted by Gasteiger charge is -2.05. The monoisotopic (exact) mass is 186 g/mol. The highest BCUT2D eigenvalue weighted by Crippen LogP contribution is 2.23. The normalized spacial score (nSPS) is 9.73. The molecule has 1 aromatic heterocycles. The molecule has 0 aromatic carbocycles. The van der Waals surface area contributed by atoms with Crippen LogP contribution in [-0.2, 0) is 0 Å². The lowest BCUT2D eigenvalue weighted by atomic mass is 9.99. The molecule has 11 heavy (non-hydrogen) atoms. The maximum Gasteiger partial charge on any atom is 0.145 e. The first-order chi connectivity index (χ1) is 5.16. The maximum absolute atomic E-state index is 5.90. The van der Waals surface area contributed by atoms with E-state index in [4.69, 9.17) is 11.6 Å². The highest BCUT2D eigenvalue weighted by Gasteiger charge is 2.04. The van der Waals surface area contributed by atoms with Crippen molar-refractivity contribution in [3.63, 3.8) is 0 Å². The van der Waals surface area contributed by atoms with Gasteiger partial charge in [0, 0.05) is 18.1 Å². The van der Waals surface area contributed by atoms with Gasteiger partial charge in [0.05, 0.1) is 5.02 Å². The molecule has 1 N–H and O–H groups in total. The van der Waals surface area contributed by atoms with Crippen molar-refractivity contribution < 1.29 is 0 Å². The van der Waals surface area contributed by atoms with Crippen LogP contribution in [0.4, 0.5) is 5.82 Å². The zero-order valence-corrected chi connectivity index (χ0v) is 8.00. The number of hydrogen-bond acceptors (Lipinski definition) is 3. The minimum absolute atomic E-state index is 0.579. The molecule has 0 amide bonds. The summed E-state index contributed by atoms with van der Waals surface area (Å²) in [5.41, 5.74) is 0.984. The smallest absolute Gasteiger partial charge is 0.145 e. The zero-order chi connectivity index (χ0) is 8.43. The van der Waals surface area contributed by atoms with Crippen LogP contribution in [0.5, 0.6) is 0 Å². The zero-order valence-electron chi connectivity index (χ0n) is 6.35. The Morgan fingerprint density at radius 3 is 2.91 bits per heavy atom. The van der Waals surface area contributed by atoms with Gasteiger partial charge in [0.15, 0.2) is 0 Å². The topological polar surface area (TPSA) is 24.9 Å². The van der Waals surface area contributed by atoms with E-state index in [0.717, 1.165) is 10.4 Å². The molecule has 0 atom stereocenters. The number of halogens is 1. The molecule has 0 unspecified atom stereocenters. The minimum Gasteiger partial charge on any atom is -0.372 e. The fraction of sp³-hybridized carbons (Fsp3) is 0.167. The average molecular weight is 186 g/mol. The summed E-state index contributed by atoms with van der Waals surface area (Å²) in [6.45, 7) is 0. The van der Waals surface area contributed by atoms with Gasteiger partial charge in [-0.05, 0) is 0 Å². The molecule has 0 bridgehead atoms. The molecule has 0 saturated carbocycles. The molecule has 0 aliphatic carbocycles. The van der Waals surface area contributed by atoms with Crippen molar-refractivity contribution in [2.24, 2.45) is 0 Å². The fourth-order valence-electron chi connectivity index (χ4n) is 0.739. The summed E-state index contributed by atoms with van der Waals surface area (Å²) in [6.07, 6.45) is 1.74. The van der Waals surface area contributed by atoms with Crippen LogP contribution in [-0.4, -0.2) is 19.9 Å². The van der Waals surface area contributed by atoms with Crippen molar-refractivity contribution in [2.75, 3.05) is 12.4 Å². The molecule has 0 radical (unpaired) electrons. The van der Waals surface area contributed by atoms with E-state index in [1.807, 2.05) is 7.85 Å². The number of hydrogen-bond donors (Lipinski definition) is 2. The van der Waals surface area contributed by atoms with Gasteiger partial charge >= 0.3 is 0 Å². The number of pyridine rings is 1. The molecule has 2 nitrogen and oxygen atoms in total. The van der Waals surface area contributed by atoms with Crippen LogP contribution in [0.2, 0.25) is 5.02 Å². The first-order valence-corrected chi connectivity index (χ1v) is 4.01. The van der Waals surface area contributed by atoms with Crippen molar-refractivity contribution in [3.8, 4) is 0 Å². The molecule has 1 aromatic rings. The summed E-state index contributed by atoms with van der Waals surface area (Å²) in [4.78, 5) is 4.85. The number of nitrogens with one attached hydrogen (secondary N) is 1. The van der Waals surface area contributed by atoms with Crippen molar-refractivity contribution in [3.05, 3.63) is 11.2 Å². The lowest BCUT2D eigenvalue weighted by Crippen LogP contribution is -2.08. The van der Waals surface area contributed by atoms with E-state index in [1.54, 1.807) is 13.2 Å². The van der Waals surface area contributed by atoms with Crippen LogP contribution in [0.3, 0.4) is 0 Å². The van der Waals surface area contributed by atoms with Gasteiger partial charge in [-0.15, -0.1) is 12.6 Å². The number of aromatic nitrogens is 1.